The van der Waals surface area contributed by atoms with E-state index >= 15 is 0 Å². The highest BCUT2D eigenvalue weighted by Gasteiger charge is 2.26. The molecule has 5 N–H and O–H groups in total. The van der Waals surface area contributed by atoms with Crippen LogP contribution in [0, 0.1) is 11.3 Å². The van der Waals surface area contributed by atoms with Crippen molar-refractivity contribution in [3.05, 3.63) is 83.8 Å². The maximum absolute atomic E-state index is 13.6. The summed E-state index contributed by atoms with van der Waals surface area (Å²) in [6.07, 6.45) is 1.96. The number of pyridine rings is 1. The van der Waals surface area contributed by atoms with Gasteiger partial charge in [-0.25, -0.2) is 9.97 Å². The number of hydrogen-bond acceptors (Lipinski definition) is 6. The second-order valence-electron chi connectivity index (χ2n) is 8.68. The summed E-state index contributed by atoms with van der Waals surface area (Å²) in [5.74, 6) is -0.822. The molecule has 0 saturated heterocycles. The van der Waals surface area contributed by atoms with Crippen LogP contribution >= 0.6 is 0 Å². The molecule has 0 radical (unpaired) electrons. The largest absolute Gasteiger partial charge is 0.481 e. The van der Waals surface area contributed by atoms with Crippen molar-refractivity contribution >= 4 is 40.3 Å². The van der Waals surface area contributed by atoms with Crippen LogP contribution in [0.2, 0.25) is 0 Å². The number of aromatic nitrogens is 3. The number of nitrogens with one attached hydrogen (secondary N) is 2. The maximum Gasteiger partial charge on any atom is 0.308 e. The molecule has 10 nitrogen and oxygen atoms in total. The van der Waals surface area contributed by atoms with Crippen molar-refractivity contribution < 1.29 is 14.7 Å². The summed E-state index contributed by atoms with van der Waals surface area (Å²) in [7, 11) is 1.91. The van der Waals surface area contributed by atoms with Crippen molar-refractivity contribution in [2.75, 3.05) is 16.8 Å². The number of nitrogens with zero attached hydrogens (tertiary/aromatic N) is 4. The molecule has 1 amide bonds. The van der Waals surface area contributed by atoms with Gasteiger partial charge in [0.2, 0.25) is 0 Å². The molecule has 0 saturated carbocycles. The Balaban J connectivity index is 1.58. The summed E-state index contributed by atoms with van der Waals surface area (Å²) in [6.45, 7) is 2.25. The Bertz CT molecular complexity index is 1430. The molecule has 10 heteroatoms. The van der Waals surface area contributed by atoms with Gasteiger partial charge < -0.3 is 20.7 Å². The number of hydrogen-bond donors (Lipinski definition) is 4. The number of carboxylic acids is 1. The summed E-state index contributed by atoms with van der Waals surface area (Å²) in [4.78, 5) is 35.7. The first-order chi connectivity index (χ1) is 17.8. The van der Waals surface area contributed by atoms with Gasteiger partial charge in [-0.3, -0.25) is 19.9 Å². The summed E-state index contributed by atoms with van der Waals surface area (Å²) in [5, 5.41) is 20.4. The van der Waals surface area contributed by atoms with Gasteiger partial charge in [0.05, 0.1) is 23.5 Å². The molecule has 4 aromatic rings. The molecule has 2 aromatic carbocycles. The second kappa shape index (κ2) is 10.9. The number of nitrogens with two attached hydrogens (primary N) is 1. The van der Waals surface area contributed by atoms with E-state index in [0.717, 1.165) is 17.0 Å². The summed E-state index contributed by atoms with van der Waals surface area (Å²) in [6, 6.07) is 17.7. The lowest BCUT2D eigenvalue weighted by atomic mass is 10.1. The third-order valence-electron chi connectivity index (χ3n) is 6.28. The van der Waals surface area contributed by atoms with Crippen LogP contribution in [0.3, 0.4) is 0 Å². The van der Waals surface area contributed by atoms with E-state index in [1.807, 2.05) is 29.8 Å². The van der Waals surface area contributed by atoms with Gasteiger partial charge in [0, 0.05) is 36.6 Å². The van der Waals surface area contributed by atoms with Crippen LogP contribution in [0.25, 0.3) is 11.0 Å². The van der Waals surface area contributed by atoms with Crippen molar-refractivity contribution in [3.63, 3.8) is 0 Å². The number of amides is 1. The first-order valence-electron chi connectivity index (χ1n) is 11.9. The molecule has 0 bridgehead atoms. The fourth-order valence-corrected chi connectivity index (χ4v) is 4.04. The SMILES string of the molecule is CCC(CN(C(=O)c1ccc2c(c1)nc(CNc1ccc(C(=N)N)cc1)n2C)c1ccccn1)C(=O)O. The Labute approximate surface area is 214 Å². The minimum Gasteiger partial charge on any atom is -0.481 e. The van der Waals surface area contributed by atoms with Gasteiger partial charge in [-0.2, -0.15) is 0 Å². The lowest BCUT2D eigenvalue weighted by molar-refractivity contribution is -0.141. The van der Waals surface area contributed by atoms with Crippen LogP contribution in [-0.2, 0) is 18.4 Å². The highest BCUT2D eigenvalue weighted by atomic mass is 16.4. The van der Waals surface area contributed by atoms with Crippen molar-refractivity contribution in [1.29, 1.82) is 5.41 Å². The Morgan fingerprint density at radius 2 is 1.86 bits per heavy atom. The Kier molecular flexibility index (Phi) is 7.47. The first-order valence-corrected chi connectivity index (χ1v) is 11.9. The van der Waals surface area contributed by atoms with Crippen LogP contribution in [0.1, 0.15) is 35.1 Å². The van der Waals surface area contributed by atoms with E-state index in [0.29, 0.717) is 35.4 Å². The zero-order valence-electron chi connectivity index (χ0n) is 20.7. The Morgan fingerprint density at radius 1 is 1.14 bits per heavy atom. The molecular weight excluding hydrogens is 470 g/mol. The number of nitrogen functional groups attached to an aromatic ring is 1. The van der Waals surface area contributed by atoms with Crippen LogP contribution in [0.5, 0.6) is 0 Å². The molecule has 0 spiro atoms. The molecule has 0 aliphatic rings. The van der Waals surface area contributed by atoms with Crippen LogP contribution in [-0.4, -0.2) is 43.9 Å². The van der Waals surface area contributed by atoms with E-state index in [1.165, 1.54) is 4.90 Å². The monoisotopic (exact) mass is 499 g/mol. The van der Waals surface area contributed by atoms with Crippen LogP contribution < -0.4 is 16.0 Å². The van der Waals surface area contributed by atoms with Gasteiger partial charge in [-0.1, -0.05) is 13.0 Å². The molecule has 4 rings (SSSR count). The molecule has 2 aromatic heterocycles. The minimum absolute atomic E-state index is 0.0134. The lowest BCUT2D eigenvalue weighted by Crippen LogP contribution is -2.38. The summed E-state index contributed by atoms with van der Waals surface area (Å²) < 4.78 is 1.95. The lowest BCUT2D eigenvalue weighted by Gasteiger charge is -2.24. The third-order valence-corrected chi connectivity index (χ3v) is 6.28. The van der Waals surface area contributed by atoms with E-state index in [-0.39, 0.29) is 18.3 Å². The molecule has 0 aliphatic heterocycles. The zero-order chi connectivity index (χ0) is 26.5. The zero-order valence-corrected chi connectivity index (χ0v) is 20.7. The fraction of sp³-hybridized carbons (Fsp3) is 0.222. The van der Waals surface area contributed by atoms with Crippen LogP contribution in [0.4, 0.5) is 11.5 Å². The van der Waals surface area contributed by atoms with Crippen molar-refractivity contribution in [2.45, 2.75) is 19.9 Å². The predicted molar refractivity (Wildman–Crippen MR) is 143 cm³/mol. The van der Waals surface area contributed by atoms with E-state index in [9.17, 15) is 14.7 Å². The summed E-state index contributed by atoms with van der Waals surface area (Å²) >= 11 is 0. The van der Waals surface area contributed by atoms with Gasteiger partial charge in [0.1, 0.15) is 17.5 Å². The van der Waals surface area contributed by atoms with Gasteiger partial charge in [-0.15, -0.1) is 0 Å². The quantitative estimate of drug-likeness (QED) is 0.192. The normalized spacial score (nSPS) is 11.7. The highest BCUT2D eigenvalue weighted by molar-refractivity contribution is 6.07. The molecule has 2 heterocycles. The van der Waals surface area contributed by atoms with E-state index < -0.39 is 11.9 Å². The topological polar surface area (TPSA) is 150 Å². The maximum atomic E-state index is 13.6. The molecular formula is C27H29N7O3. The molecule has 0 fully saturated rings. The number of aryl methyl sites for hydroxylation is 1. The number of anilines is 2. The summed E-state index contributed by atoms with van der Waals surface area (Å²) in [5.41, 5.74) is 8.95. The third kappa shape index (κ3) is 5.58. The second-order valence-corrected chi connectivity index (χ2v) is 8.68. The number of amidine groups is 1. The number of carbonyl (C=O) groups excluding carboxylic acids is 1. The molecule has 37 heavy (non-hydrogen) atoms. The average Bonchev–Trinajstić information content (AvgIpc) is 3.22. The van der Waals surface area contributed by atoms with Gasteiger partial charge in [0.25, 0.3) is 5.91 Å². The van der Waals surface area contributed by atoms with Gasteiger partial charge >= 0.3 is 5.97 Å². The van der Waals surface area contributed by atoms with Crippen LogP contribution in [0.15, 0.2) is 66.9 Å². The number of carboxylic acid groups (broad SMARTS) is 1. The molecule has 1 atom stereocenters. The van der Waals surface area contributed by atoms with E-state index in [4.69, 9.17) is 16.1 Å². The standard InChI is InChI=1S/C27H29N7O3/c1-3-17(27(36)37)16-34(23-6-4-5-13-30-23)26(35)19-9-12-22-21(14-19)32-24(33(22)2)15-31-20-10-7-18(8-11-20)25(28)29/h4-14,17,31H,3,15-16H2,1-2H3,(H3,28,29)(H,36,37). The number of rotatable bonds is 10. The Morgan fingerprint density at radius 3 is 2.49 bits per heavy atom. The molecule has 0 aliphatic carbocycles. The molecule has 1 unspecified atom stereocenters. The minimum atomic E-state index is -0.954. The smallest absolute Gasteiger partial charge is 0.308 e. The number of benzene rings is 2. The Hall–Kier alpha value is -4.73. The number of fused-ring (bicyclic) bond motifs is 1. The average molecular weight is 500 g/mol. The predicted octanol–water partition coefficient (Wildman–Crippen LogP) is 3.62. The highest BCUT2D eigenvalue weighted by Crippen LogP contribution is 2.22. The van der Waals surface area contributed by atoms with Gasteiger partial charge in [-0.05, 0) is 61.0 Å². The molecule has 190 valence electrons. The van der Waals surface area contributed by atoms with Gasteiger partial charge in [0.15, 0.2) is 0 Å². The van der Waals surface area contributed by atoms with E-state index in [1.54, 1.807) is 55.6 Å². The number of carbonyl (C=O) groups is 2. The van der Waals surface area contributed by atoms with Crippen molar-refractivity contribution in [1.82, 2.24) is 14.5 Å². The van der Waals surface area contributed by atoms with Crippen molar-refractivity contribution in [3.8, 4) is 0 Å². The number of imidazole rings is 1. The first kappa shape index (κ1) is 25.4. The fourth-order valence-electron chi connectivity index (χ4n) is 4.04. The van der Waals surface area contributed by atoms with E-state index in [2.05, 4.69) is 10.3 Å². The number of aliphatic carboxylic acids is 1. The van der Waals surface area contributed by atoms with Crippen molar-refractivity contribution in [2.24, 2.45) is 18.7 Å².